The van der Waals surface area contributed by atoms with Gasteiger partial charge >= 0.3 is 0 Å². The van der Waals surface area contributed by atoms with Crippen LogP contribution in [0.15, 0.2) is 30.5 Å². The molecule has 0 spiro atoms. The predicted octanol–water partition coefficient (Wildman–Crippen LogP) is 2.70. The number of rotatable bonds is 6. The van der Waals surface area contributed by atoms with E-state index in [1.165, 1.54) is 6.07 Å². The van der Waals surface area contributed by atoms with Crippen LogP contribution in [0.1, 0.15) is 24.0 Å². The molecular formula is C17H22FN3O2. The molecule has 23 heavy (non-hydrogen) atoms. The second-order valence-corrected chi connectivity index (χ2v) is 5.74. The monoisotopic (exact) mass is 319 g/mol. The number of halogens is 1. The van der Waals surface area contributed by atoms with Gasteiger partial charge in [-0.3, -0.25) is 4.90 Å². The number of aromatic nitrogens is 2. The number of morpholine rings is 1. The minimum Gasteiger partial charge on any atom is -0.490 e. The number of ether oxygens (including phenoxy) is 2. The van der Waals surface area contributed by atoms with Crippen LogP contribution in [-0.2, 0) is 4.74 Å². The molecule has 1 aromatic carbocycles. The van der Waals surface area contributed by atoms with Gasteiger partial charge in [-0.05, 0) is 25.5 Å². The standard InChI is InChI=1S/C17H22FN3O2/c1-13-11-19-17(20-13)16-12-21(8-10-23-16)7-4-9-22-15-6-3-2-5-14(15)18/h2-3,5-6,11,16H,4,7-10,12H2,1H3,(H,19,20)/t16-/m1/s1. The number of aryl methyl sites for hydroxylation is 1. The molecule has 2 heterocycles. The topological polar surface area (TPSA) is 50.4 Å². The zero-order chi connectivity index (χ0) is 16.1. The smallest absolute Gasteiger partial charge is 0.165 e. The molecule has 0 saturated carbocycles. The van der Waals surface area contributed by atoms with E-state index in [9.17, 15) is 4.39 Å². The van der Waals surface area contributed by atoms with Gasteiger partial charge in [-0.25, -0.2) is 9.37 Å². The van der Waals surface area contributed by atoms with Crippen LogP contribution in [0.3, 0.4) is 0 Å². The summed E-state index contributed by atoms with van der Waals surface area (Å²) in [5, 5.41) is 0. The Morgan fingerprint density at radius 1 is 1.43 bits per heavy atom. The van der Waals surface area contributed by atoms with Gasteiger partial charge in [-0.15, -0.1) is 0 Å². The number of hydrogen-bond acceptors (Lipinski definition) is 4. The molecule has 124 valence electrons. The van der Waals surface area contributed by atoms with E-state index in [1.54, 1.807) is 18.2 Å². The van der Waals surface area contributed by atoms with Crippen LogP contribution in [-0.4, -0.2) is 47.7 Å². The molecule has 1 N–H and O–H groups in total. The van der Waals surface area contributed by atoms with E-state index in [0.717, 1.165) is 37.6 Å². The summed E-state index contributed by atoms with van der Waals surface area (Å²) in [7, 11) is 0. The van der Waals surface area contributed by atoms with Gasteiger partial charge in [0.1, 0.15) is 11.9 Å². The van der Waals surface area contributed by atoms with Crippen molar-refractivity contribution in [3.63, 3.8) is 0 Å². The first-order valence-electron chi connectivity index (χ1n) is 7.95. The van der Waals surface area contributed by atoms with Gasteiger partial charge in [0, 0.05) is 31.5 Å². The van der Waals surface area contributed by atoms with Gasteiger partial charge in [0.15, 0.2) is 11.6 Å². The van der Waals surface area contributed by atoms with E-state index in [0.29, 0.717) is 19.0 Å². The lowest BCUT2D eigenvalue weighted by Gasteiger charge is -2.31. The van der Waals surface area contributed by atoms with Crippen molar-refractivity contribution in [1.82, 2.24) is 14.9 Å². The van der Waals surface area contributed by atoms with Gasteiger partial charge in [0.25, 0.3) is 0 Å². The molecule has 0 bridgehead atoms. The van der Waals surface area contributed by atoms with Crippen LogP contribution in [0.5, 0.6) is 5.75 Å². The van der Waals surface area contributed by atoms with Crippen molar-refractivity contribution in [3.8, 4) is 5.75 Å². The average Bonchev–Trinajstić information content (AvgIpc) is 3.00. The molecular weight excluding hydrogens is 297 g/mol. The number of benzene rings is 1. The fourth-order valence-corrected chi connectivity index (χ4v) is 2.70. The first-order valence-corrected chi connectivity index (χ1v) is 7.95. The Kier molecular flexibility index (Phi) is 5.25. The van der Waals surface area contributed by atoms with E-state index in [1.807, 2.05) is 13.1 Å². The molecule has 1 fully saturated rings. The molecule has 1 aliphatic rings. The highest BCUT2D eigenvalue weighted by molar-refractivity contribution is 5.23. The summed E-state index contributed by atoms with van der Waals surface area (Å²) in [4.78, 5) is 9.91. The third-order valence-corrected chi connectivity index (χ3v) is 3.89. The highest BCUT2D eigenvalue weighted by Gasteiger charge is 2.23. The molecule has 0 amide bonds. The van der Waals surface area contributed by atoms with E-state index in [2.05, 4.69) is 14.9 Å². The van der Waals surface area contributed by atoms with E-state index in [-0.39, 0.29) is 11.9 Å². The lowest BCUT2D eigenvalue weighted by atomic mass is 10.2. The highest BCUT2D eigenvalue weighted by Crippen LogP contribution is 2.20. The van der Waals surface area contributed by atoms with E-state index < -0.39 is 0 Å². The Labute approximate surface area is 135 Å². The van der Waals surface area contributed by atoms with Crippen LogP contribution in [0.4, 0.5) is 4.39 Å². The molecule has 1 aromatic heterocycles. The number of nitrogens with zero attached hydrogens (tertiary/aromatic N) is 2. The van der Waals surface area contributed by atoms with Gasteiger partial charge < -0.3 is 14.5 Å². The normalized spacial score (nSPS) is 19.0. The summed E-state index contributed by atoms with van der Waals surface area (Å²) in [5.41, 5.74) is 1.04. The molecule has 0 unspecified atom stereocenters. The molecule has 3 rings (SSSR count). The van der Waals surface area contributed by atoms with Gasteiger partial charge in [-0.2, -0.15) is 0 Å². The zero-order valence-electron chi connectivity index (χ0n) is 13.3. The molecule has 0 radical (unpaired) electrons. The summed E-state index contributed by atoms with van der Waals surface area (Å²) < 4.78 is 24.7. The summed E-state index contributed by atoms with van der Waals surface area (Å²) >= 11 is 0. The number of nitrogens with one attached hydrogen (secondary N) is 1. The van der Waals surface area contributed by atoms with Crippen LogP contribution in [0.25, 0.3) is 0 Å². The lowest BCUT2D eigenvalue weighted by molar-refractivity contribution is -0.0349. The van der Waals surface area contributed by atoms with Crippen molar-refractivity contribution >= 4 is 0 Å². The number of hydrogen-bond donors (Lipinski definition) is 1. The number of imidazole rings is 1. The molecule has 1 saturated heterocycles. The molecule has 5 nitrogen and oxygen atoms in total. The van der Waals surface area contributed by atoms with E-state index >= 15 is 0 Å². The van der Waals surface area contributed by atoms with Crippen molar-refractivity contribution < 1.29 is 13.9 Å². The van der Waals surface area contributed by atoms with Crippen LogP contribution in [0.2, 0.25) is 0 Å². The summed E-state index contributed by atoms with van der Waals surface area (Å²) in [5.74, 6) is 0.889. The van der Waals surface area contributed by atoms with Crippen LogP contribution in [0, 0.1) is 12.7 Å². The number of aromatic amines is 1. The molecule has 1 atom stereocenters. The largest absolute Gasteiger partial charge is 0.490 e. The van der Waals surface area contributed by atoms with Crippen molar-refractivity contribution in [2.24, 2.45) is 0 Å². The maximum atomic E-state index is 13.5. The summed E-state index contributed by atoms with van der Waals surface area (Å²) in [6, 6.07) is 6.50. The zero-order valence-corrected chi connectivity index (χ0v) is 13.3. The minimum atomic E-state index is -0.313. The predicted molar refractivity (Wildman–Crippen MR) is 85.0 cm³/mol. The minimum absolute atomic E-state index is 0.00932. The average molecular weight is 319 g/mol. The molecule has 2 aromatic rings. The summed E-state index contributed by atoms with van der Waals surface area (Å²) in [6.07, 6.45) is 2.66. The molecule has 6 heteroatoms. The van der Waals surface area contributed by atoms with Gasteiger partial charge in [0.05, 0.1) is 13.2 Å². The van der Waals surface area contributed by atoms with Crippen LogP contribution < -0.4 is 4.74 Å². The van der Waals surface area contributed by atoms with Gasteiger partial charge in [0.2, 0.25) is 0 Å². The lowest BCUT2D eigenvalue weighted by Crippen LogP contribution is -2.39. The number of para-hydroxylation sites is 1. The quantitative estimate of drug-likeness (QED) is 0.832. The molecule has 0 aliphatic carbocycles. The Balaban J connectivity index is 1.42. The second-order valence-electron chi connectivity index (χ2n) is 5.74. The van der Waals surface area contributed by atoms with E-state index in [4.69, 9.17) is 9.47 Å². The van der Waals surface area contributed by atoms with Gasteiger partial charge in [-0.1, -0.05) is 12.1 Å². The Morgan fingerprint density at radius 2 is 2.30 bits per heavy atom. The van der Waals surface area contributed by atoms with Crippen molar-refractivity contribution in [2.75, 3.05) is 32.8 Å². The van der Waals surface area contributed by atoms with Crippen molar-refractivity contribution in [3.05, 3.63) is 47.8 Å². The Bertz CT molecular complexity index is 632. The third-order valence-electron chi connectivity index (χ3n) is 3.89. The maximum absolute atomic E-state index is 13.5. The maximum Gasteiger partial charge on any atom is 0.165 e. The van der Waals surface area contributed by atoms with Crippen LogP contribution >= 0.6 is 0 Å². The first kappa shape index (κ1) is 16.0. The van der Waals surface area contributed by atoms with Crippen molar-refractivity contribution in [2.45, 2.75) is 19.4 Å². The Hall–Kier alpha value is -1.92. The first-order chi connectivity index (χ1) is 11.2. The molecule has 1 aliphatic heterocycles. The SMILES string of the molecule is Cc1cnc([C@H]2CN(CCCOc3ccccc3F)CCO2)[nH]1. The third kappa shape index (κ3) is 4.30. The fraction of sp³-hybridized carbons (Fsp3) is 0.471. The van der Waals surface area contributed by atoms with Crippen molar-refractivity contribution in [1.29, 1.82) is 0 Å². The second kappa shape index (κ2) is 7.57. The fourth-order valence-electron chi connectivity index (χ4n) is 2.70. The summed E-state index contributed by atoms with van der Waals surface area (Å²) in [6.45, 7) is 5.79. The highest BCUT2D eigenvalue weighted by atomic mass is 19.1. The Morgan fingerprint density at radius 3 is 3.09 bits per heavy atom. The number of H-pyrrole nitrogens is 1.